The van der Waals surface area contributed by atoms with Crippen LogP contribution < -0.4 is 5.32 Å². The molecule has 1 aliphatic rings. The summed E-state index contributed by atoms with van der Waals surface area (Å²) in [4.78, 5) is 49.0. The van der Waals surface area contributed by atoms with Gasteiger partial charge in [-0.2, -0.15) is 0 Å². The summed E-state index contributed by atoms with van der Waals surface area (Å²) in [6, 6.07) is 5.85. The molecule has 1 fully saturated rings. The van der Waals surface area contributed by atoms with E-state index in [9.17, 15) is 19.2 Å². The second-order valence-corrected chi connectivity index (χ2v) is 5.68. The maximum atomic E-state index is 12.0. The number of nitrogens with one attached hydrogen (secondary N) is 1. The van der Waals surface area contributed by atoms with Crippen LogP contribution in [0.2, 0.25) is 5.02 Å². The molecule has 0 radical (unpaired) electrons. The smallest absolute Gasteiger partial charge is 0.327 e. The molecule has 1 aromatic rings. The monoisotopic (exact) mass is 353 g/mol. The van der Waals surface area contributed by atoms with Crippen LogP contribution in [0.4, 0.5) is 10.5 Å². The second-order valence-electron chi connectivity index (χ2n) is 5.25. The number of amides is 4. The first-order valence-corrected chi connectivity index (χ1v) is 7.47. The highest BCUT2D eigenvalue weighted by molar-refractivity contribution is 6.30. The zero-order valence-corrected chi connectivity index (χ0v) is 13.9. The molecular weight excluding hydrogens is 338 g/mol. The van der Waals surface area contributed by atoms with E-state index in [4.69, 9.17) is 16.3 Å². The van der Waals surface area contributed by atoms with Crippen molar-refractivity contribution < 1.29 is 23.9 Å². The predicted molar refractivity (Wildman–Crippen MR) is 85.4 cm³/mol. The van der Waals surface area contributed by atoms with Crippen LogP contribution in [0.25, 0.3) is 0 Å². The van der Waals surface area contributed by atoms with Gasteiger partial charge in [-0.1, -0.05) is 11.6 Å². The molecule has 1 aliphatic heterocycles. The number of rotatable bonds is 5. The molecule has 9 heteroatoms. The number of esters is 1. The first kappa shape index (κ1) is 17.7. The standard InChI is InChI=1S/C15H16ClN3O5/c1-9(14(22)17-11-5-3-10(16)4-6-11)24-13(21)8-19-12(20)7-18(2)15(19)23/h3-6,9H,7-8H2,1-2H3,(H,17,22)/t9-/m0/s1. The molecule has 1 N–H and O–H groups in total. The van der Waals surface area contributed by atoms with Crippen molar-refractivity contribution in [3.05, 3.63) is 29.3 Å². The van der Waals surface area contributed by atoms with Crippen LogP contribution in [0.15, 0.2) is 24.3 Å². The van der Waals surface area contributed by atoms with E-state index in [-0.39, 0.29) is 6.54 Å². The molecule has 1 saturated heterocycles. The lowest BCUT2D eigenvalue weighted by atomic mass is 10.3. The Morgan fingerprint density at radius 3 is 2.46 bits per heavy atom. The molecule has 0 bridgehead atoms. The first-order valence-electron chi connectivity index (χ1n) is 7.09. The van der Waals surface area contributed by atoms with Crippen LogP contribution in [0, 0.1) is 0 Å². The normalized spacial score (nSPS) is 15.5. The maximum absolute atomic E-state index is 12.0. The lowest BCUT2D eigenvalue weighted by molar-refractivity contribution is -0.154. The van der Waals surface area contributed by atoms with Gasteiger partial charge >= 0.3 is 12.0 Å². The van der Waals surface area contributed by atoms with E-state index < -0.39 is 36.5 Å². The number of imide groups is 1. The van der Waals surface area contributed by atoms with Crippen molar-refractivity contribution >= 4 is 41.1 Å². The molecule has 1 aromatic carbocycles. The molecule has 1 heterocycles. The minimum atomic E-state index is -1.08. The van der Waals surface area contributed by atoms with Crippen LogP contribution in [-0.2, 0) is 19.1 Å². The Labute approximate surface area is 143 Å². The van der Waals surface area contributed by atoms with E-state index in [0.29, 0.717) is 10.7 Å². The molecule has 0 spiro atoms. The Morgan fingerprint density at radius 1 is 1.29 bits per heavy atom. The van der Waals surface area contributed by atoms with E-state index in [2.05, 4.69) is 5.32 Å². The number of hydrogen-bond acceptors (Lipinski definition) is 5. The molecule has 8 nitrogen and oxygen atoms in total. The summed E-state index contributed by atoms with van der Waals surface area (Å²) in [6.45, 7) is 0.780. The number of carbonyl (C=O) groups is 4. The van der Waals surface area contributed by atoms with Gasteiger partial charge in [-0.05, 0) is 31.2 Å². The summed E-state index contributed by atoms with van der Waals surface area (Å²) in [6.07, 6.45) is -1.08. The third-order valence-electron chi connectivity index (χ3n) is 3.31. The number of anilines is 1. The number of halogens is 1. The summed E-state index contributed by atoms with van der Waals surface area (Å²) in [7, 11) is 1.45. The fraction of sp³-hybridized carbons (Fsp3) is 0.333. The van der Waals surface area contributed by atoms with Crippen molar-refractivity contribution in [2.75, 3.05) is 25.5 Å². The molecule has 0 saturated carbocycles. The van der Waals surface area contributed by atoms with Gasteiger partial charge in [0.15, 0.2) is 6.10 Å². The summed E-state index contributed by atoms with van der Waals surface area (Å²) in [5.74, 6) is -1.87. The number of likely N-dealkylation sites (N-methyl/N-ethyl adjacent to an activating group) is 1. The summed E-state index contributed by atoms with van der Waals surface area (Å²) in [5.41, 5.74) is 0.499. The lowest BCUT2D eigenvalue weighted by Crippen LogP contribution is -2.39. The third kappa shape index (κ3) is 4.23. The van der Waals surface area contributed by atoms with Gasteiger partial charge in [0.25, 0.3) is 11.8 Å². The number of hydrogen-bond donors (Lipinski definition) is 1. The number of carbonyl (C=O) groups excluding carboxylic acids is 4. The average Bonchev–Trinajstić information content (AvgIpc) is 2.76. The van der Waals surface area contributed by atoms with Crippen molar-refractivity contribution in [3.63, 3.8) is 0 Å². The van der Waals surface area contributed by atoms with Gasteiger partial charge in [-0.3, -0.25) is 19.3 Å². The first-order chi connectivity index (χ1) is 11.3. The van der Waals surface area contributed by atoms with Crippen molar-refractivity contribution in [1.82, 2.24) is 9.80 Å². The van der Waals surface area contributed by atoms with Gasteiger partial charge in [-0.15, -0.1) is 0 Å². The predicted octanol–water partition coefficient (Wildman–Crippen LogP) is 1.10. The van der Waals surface area contributed by atoms with Crippen LogP contribution in [0.3, 0.4) is 0 Å². The van der Waals surface area contributed by atoms with Crippen molar-refractivity contribution in [3.8, 4) is 0 Å². The van der Waals surface area contributed by atoms with E-state index in [0.717, 1.165) is 4.90 Å². The van der Waals surface area contributed by atoms with Crippen molar-refractivity contribution in [2.45, 2.75) is 13.0 Å². The molecular formula is C15H16ClN3O5. The third-order valence-corrected chi connectivity index (χ3v) is 3.56. The Kier molecular flexibility index (Phi) is 5.40. The number of ether oxygens (including phenoxy) is 1. The van der Waals surface area contributed by atoms with E-state index in [1.54, 1.807) is 24.3 Å². The fourth-order valence-corrected chi connectivity index (χ4v) is 2.14. The van der Waals surface area contributed by atoms with Crippen LogP contribution >= 0.6 is 11.6 Å². The topological polar surface area (TPSA) is 96.0 Å². The second kappa shape index (κ2) is 7.31. The number of nitrogens with zero attached hydrogens (tertiary/aromatic N) is 2. The molecule has 0 aromatic heterocycles. The zero-order valence-electron chi connectivity index (χ0n) is 13.1. The Hall–Kier alpha value is -2.61. The van der Waals surface area contributed by atoms with Crippen molar-refractivity contribution in [2.24, 2.45) is 0 Å². The Bertz CT molecular complexity index is 676. The quantitative estimate of drug-likeness (QED) is 0.631. The van der Waals surface area contributed by atoms with Gasteiger partial charge < -0.3 is 15.0 Å². The fourth-order valence-electron chi connectivity index (χ4n) is 2.02. The highest BCUT2D eigenvalue weighted by atomic mass is 35.5. The van der Waals surface area contributed by atoms with Crippen LogP contribution in [0.5, 0.6) is 0 Å². The van der Waals surface area contributed by atoms with E-state index >= 15 is 0 Å². The van der Waals surface area contributed by atoms with Gasteiger partial charge in [0.1, 0.15) is 13.1 Å². The largest absolute Gasteiger partial charge is 0.451 e. The van der Waals surface area contributed by atoms with Gasteiger partial charge in [-0.25, -0.2) is 4.79 Å². The lowest BCUT2D eigenvalue weighted by Gasteiger charge is -2.16. The molecule has 1 atom stereocenters. The molecule has 128 valence electrons. The highest BCUT2D eigenvalue weighted by Crippen LogP contribution is 2.14. The van der Waals surface area contributed by atoms with Crippen LogP contribution in [-0.4, -0.2) is 59.9 Å². The van der Waals surface area contributed by atoms with E-state index in [1.807, 2.05) is 0 Å². The van der Waals surface area contributed by atoms with Gasteiger partial charge in [0.2, 0.25) is 0 Å². The minimum Gasteiger partial charge on any atom is -0.451 e. The van der Waals surface area contributed by atoms with E-state index in [1.165, 1.54) is 18.9 Å². The Morgan fingerprint density at radius 2 is 1.92 bits per heavy atom. The molecule has 0 unspecified atom stereocenters. The average molecular weight is 354 g/mol. The summed E-state index contributed by atoms with van der Waals surface area (Å²) >= 11 is 5.75. The van der Waals surface area contributed by atoms with Crippen LogP contribution in [0.1, 0.15) is 6.92 Å². The number of benzene rings is 1. The van der Waals surface area contributed by atoms with Gasteiger partial charge in [0, 0.05) is 17.8 Å². The molecule has 24 heavy (non-hydrogen) atoms. The molecule has 4 amide bonds. The number of urea groups is 1. The summed E-state index contributed by atoms with van der Waals surface area (Å²) < 4.78 is 4.96. The van der Waals surface area contributed by atoms with Crippen molar-refractivity contribution in [1.29, 1.82) is 0 Å². The zero-order chi connectivity index (χ0) is 17.9. The SMILES string of the molecule is C[C@H](OC(=O)CN1C(=O)CN(C)C1=O)C(=O)Nc1ccc(Cl)cc1. The molecule has 0 aliphatic carbocycles. The Balaban J connectivity index is 1.86. The maximum Gasteiger partial charge on any atom is 0.327 e. The van der Waals surface area contributed by atoms with Gasteiger partial charge in [0.05, 0.1) is 0 Å². The summed E-state index contributed by atoms with van der Waals surface area (Å²) in [5, 5.41) is 3.09. The highest BCUT2D eigenvalue weighted by Gasteiger charge is 2.35. The molecule has 2 rings (SSSR count). The minimum absolute atomic E-state index is 0.0846.